The quantitative estimate of drug-likeness (QED) is 0.753. The van der Waals surface area contributed by atoms with Gasteiger partial charge in [-0.25, -0.2) is 4.79 Å². The Bertz CT molecular complexity index is 996. The normalized spacial score (nSPS) is 14.5. The summed E-state index contributed by atoms with van der Waals surface area (Å²) in [5.74, 6) is 0.259. The Hall–Kier alpha value is -2.63. The van der Waals surface area contributed by atoms with Crippen LogP contribution in [-0.4, -0.2) is 27.8 Å². The first-order valence-electron chi connectivity index (χ1n) is 7.69. The van der Waals surface area contributed by atoms with Gasteiger partial charge in [0.15, 0.2) is 0 Å². The number of hydrogen-bond donors (Lipinski definition) is 1. The maximum absolute atomic E-state index is 12.3. The summed E-state index contributed by atoms with van der Waals surface area (Å²) in [5.41, 5.74) is 2.63. The molecule has 6 nitrogen and oxygen atoms in total. The van der Waals surface area contributed by atoms with Crippen LogP contribution in [0, 0.1) is 12.8 Å². The number of carbonyl (C=O) groups excluding carboxylic acids is 1. The Kier molecular flexibility index (Phi) is 3.01. The Labute approximate surface area is 132 Å². The summed E-state index contributed by atoms with van der Waals surface area (Å²) in [4.78, 5) is 27.1. The molecule has 2 aromatic heterocycles. The van der Waals surface area contributed by atoms with E-state index in [1.54, 1.807) is 12.3 Å². The molecule has 3 aromatic rings. The lowest BCUT2D eigenvalue weighted by molar-refractivity contribution is 0.0600. The first-order valence-corrected chi connectivity index (χ1v) is 7.69. The maximum Gasteiger partial charge on any atom is 0.338 e. The number of nitrogens with zero attached hydrogens (tertiary/aromatic N) is 2. The van der Waals surface area contributed by atoms with Crippen molar-refractivity contribution in [1.29, 1.82) is 0 Å². The van der Waals surface area contributed by atoms with Gasteiger partial charge in [-0.2, -0.15) is 5.10 Å². The second kappa shape index (κ2) is 4.94. The van der Waals surface area contributed by atoms with Gasteiger partial charge in [-0.15, -0.1) is 0 Å². The van der Waals surface area contributed by atoms with Crippen molar-refractivity contribution in [1.82, 2.24) is 14.8 Å². The van der Waals surface area contributed by atoms with Crippen LogP contribution >= 0.6 is 0 Å². The fourth-order valence-corrected chi connectivity index (χ4v) is 3.05. The molecule has 1 aliphatic carbocycles. The number of fused-ring (bicyclic) bond motifs is 3. The van der Waals surface area contributed by atoms with Gasteiger partial charge >= 0.3 is 5.97 Å². The molecule has 0 radical (unpaired) electrons. The number of methoxy groups -OCH3 is 1. The lowest BCUT2D eigenvalue weighted by Crippen LogP contribution is -2.10. The third kappa shape index (κ3) is 2.21. The number of carbonyl (C=O) groups is 1. The first-order chi connectivity index (χ1) is 11.1. The van der Waals surface area contributed by atoms with Gasteiger partial charge in [0.25, 0.3) is 5.56 Å². The lowest BCUT2D eigenvalue weighted by Gasteiger charge is -2.09. The van der Waals surface area contributed by atoms with Gasteiger partial charge in [0.05, 0.1) is 35.3 Å². The minimum Gasteiger partial charge on any atom is -0.465 e. The molecule has 1 saturated carbocycles. The third-order valence-electron chi connectivity index (χ3n) is 4.49. The van der Waals surface area contributed by atoms with Crippen molar-refractivity contribution in [2.75, 3.05) is 7.11 Å². The number of H-pyrrole nitrogens is 1. The molecular formula is C17H17N3O3. The third-order valence-corrected chi connectivity index (χ3v) is 4.49. The van der Waals surface area contributed by atoms with Crippen LogP contribution < -0.4 is 5.56 Å². The highest BCUT2D eigenvalue weighted by Crippen LogP contribution is 2.32. The van der Waals surface area contributed by atoms with Crippen molar-refractivity contribution < 1.29 is 9.53 Å². The van der Waals surface area contributed by atoms with Crippen molar-refractivity contribution >= 4 is 27.8 Å². The van der Waals surface area contributed by atoms with E-state index in [4.69, 9.17) is 4.74 Å². The SMILES string of the molecule is COC(=O)c1cc2c(cc1C)[nH]c(=O)c1cnn(CC3CC3)c12. The van der Waals surface area contributed by atoms with Crippen LogP contribution in [0.25, 0.3) is 21.8 Å². The number of aryl methyl sites for hydroxylation is 1. The molecule has 4 rings (SSSR count). The van der Waals surface area contributed by atoms with Crippen molar-refractivity contribution in [3.8, 4) is 0 Å². The molecular weight excluding hydrogens is 294 g/mol. The van der Waals surface area contributed by atoms with E-state index in [0.29, 0.717) is 22.4 Å². The van der Waals surface area contributed by atoms with E-state index in [-0.39, 0.29) is 11.5 Å². The maximum atomic E-state index is 12.3. The number of aromatic nitrogens is 3. The second-order valence-electron chi connectivity index (χ2n) is 6.19. The van der Waals surface area contributed by atoms with Crippen molar-refractivity contribution in [3.05, 3.63) is 39.8 Å². The first kappa shape index (κ1) is 14.0. The zero-order valence-corrected chi connectivity index (χ0v) is 13.0. The molecule has 0 amide bonds. The zero-order valence-electron chi connectivity index (χ0n) is 13.0. The number of pyridine rings is 1. The average molecular weight is 311 g/mol. The van der Waals surface area contributed by atoms with Crippen LogP contribution in [0.1, 0.15) is 28.8 Å². The number of ether oxygens (including phenoxy) is 1. The Morgan fingerprint density at radius 2 is 2.17 bits per heavy atom. The molecule has 6 heteroatoms. The van der Waals surface area contributed by atoms with Gasteiger partial charge in [-0.05, 0) is 43.4 Å². The molecule has 0 bridgehead atoms. The standard InChI is InChI=1S/C17H17N3O3/c1-9-5-14-12(6-11(9)17(22)23-2)15-13(16(21)19-14)7-18-20(15)8-10-3-4-10/h5-7,10H,3-4,8H2,1-2H3,(H,19,21). The summed E-state index contributed by atoms with van der Waals surface area (Å²) in [6, 6.07) is 3.61. The Balaban J connectivity index is 2.05. The monoisotopic (exact) mass is 311 g/mol. The van der Waals surface area contributed by atoms with E-state index in [9.17, 15) is 9.59 Å². The van der Waals surface area contributed by atoms with Gasteiger partial charge in [-0.1, -0.05) is 0 Å². The number of hydrogen-bond acceptors (Lipinski definition) is 4. The predicted octanol–water partition coefficient (Wildman–Crippen LogP) is 2.38. The highest BCUT2D eigenvalue weighted by Gasteiger charge is 2.24. The molecule has 2 heterocycles. The van der Waals surface area contributed by atoms with Gasteiger partial charge in [0, 0.05) is 11.9 Å². The molecule has 1 aromatic carbocycles. The molecule has 118 valence electrons. The van der Waals surface area contributed by atoms with E-state index in [0.717, 1.165) is 23.0 Å². The van der Waals surface area contributed by atoms with Gasteiger partial charge in [0.1, 0.15) is 0 Å². The Morgan fingerprint density at radius 1 is 1.39 bits per heavy atom. The van der Waals surface area contributed by atoms with Gasteiger partial charge in [0.2, 0.25) is 0 Å². The average Bonchev–Trinajstić information content (AvgIpc) is 3.24. The molecule has 0 aliphatic heterocycles. The second-order valence-corrected chi connectivity index (χ2v) is 6.19. The lowest BCUT2D eigenvalue weighted by atomic mass is 10.0. The number of benzene rings is 1. The topological polar surface area (TPSA) is 77.0 Å². The number of nitrogens with one attached hydrogen (secondary N) is 1. The summed E-state index contributed by atoms with van der Waals surface area (Å²) in [6.07, 6.45) is 4.01. The molecule has 0 unspecified atom stereocenters. The largest absolute Gasteiger partial charge is 0.465 e. The van der Waals surface area contributed by atoms with E-state index in [2.05, 4.69) is 10.1 Å². The number of esters is 1. The fourth-order valence-electron chi connectivity index (χ4n) is 3.05. The van der Waals surface area contributed by atoms with Crippen LogP contribution in [0.3, 0.4) is 0 Å². The predicted molar refractivity (Wildman–Crippen MR) is 86.7 cm³/mol. The van der Waals surface area contributed by atoms with E-state index >= 15 is 0 Å². The van der Waals surface area contributed by atoms with Crippen LogP contribution in [0.4, 0.5) is 0 Å². The summed E-state index contributed by atoms with van der Waals surface area (Å²) in [5, 5.41) is 5.76. The van der Waals surface area contributed by atoms with E-state index < -0.39 is 0 Å². The molecule has 0 saturated heterocycles. The summed E-state index contributed by atoms with van der Waals surface area (Å²) in [7, 11) is 1.37. The van der Waals surface area contributed by atoms with Gasteiger partial charge in [-0.3, -0.25) is 9.48 Å². The summed E-state index contributed by atoms with van der Waals surface area (Å²) >= 11 is 0. The van der Waals surface area contributed by atoms with E-state index in [1.807, 2.05) is 17.7 Å². The molecule has 1 aliphatic rings. The number of rotatable bonds is 3. The van der Waals surface area contributed by atoms with Crippen molar-refractivity contribution in [2.24, 2.45) is 5.92 Å². The highest BCUT2D eigenvalue weighted by molar-refractivity contribution is 6.06. The number of aromatic amines is 1. The van der Waals surface area contributed by atoms with Crippen LogP contribution in [-0.2, 0) is 11.3 Å². The molecule has 0 spiro atoms. The van der Waals surface area contributed by atoms with Crippen LogP contribution in [0.2, 0.25) is 0 Å². The van der Waals surface area contributed by atoms with Gasteiger partial charge < -0.3 is 9.72 Å². The Morgan fingerprint density at radius 3 is 2.87 bits per heavy atom. The van der Waals surface area contributed by atoms with Crippen molar-refractivity contribution in [2.45, 2.75) is 26.3 Å². The minimum atomic E-state index is -0.378. The molecule has 23 heavy (non-hydrogen) atoms. The summed E-state index contributed by atoms with van der Waals surface area (Å²) in [6.45, 7) is 2.64. The molecule has 1 N–H and O–H groups in total. The zero-order chi connectivity index (χ0) is 16.1. The highest BCUT2D eigenvalue weighted by atomic mass is 16.5. The molecule has 1 fully saturated rings. The van der Waals surface area contributed by atoms with Crippen LogP contribution in [0.5, 0.6) is 0 Å². The summed E-state index contributed by atoms with van der Waals surface area (Å²) < 4.78 is 6.74. The van der Waals surface area contributed by atoms with E-state index in [1.165, 1.54) is 20.0 Å². The fraction of sp³-hybridized carbons (Fsp3) is 0.353. The minimum absolute atomic E-state index is 0.153. The molecule has 0 atom stereocenters. The van der Waals surface area contributed by atoms with Crippen LogP contribution in [0.15, 0.2) is 23.1 Å². The smallest absolute Gasteiger partial charge is 0.338 e. The van der Waals surface area contributed by atoms with Crippen molar-refractivity contribution in [3.63, 3.8) is 0 Å².